The van der Waals surface area contributed by atoms with E-state index in [9.17, 15) is 4.79 Å². The Balaban J connectivity index is 2.16. The summed E-state index contributed by atoms with van der Waals surface area (Å²) in [4.78, 5) is 14.9. The molecule has 0 bridgehead atoms. The van der Waals surface area contributed by atoms with Gasteiger partial charge < -0.3 is 4.90 Å². The standard InChI is InChI=1S/C13H15Br2NO/c1-9-2-3-11(15)8-12(9)13(17)16-6-4-10(14)5-7-16/h2-3,8,10H,4-7H2,1H3. The zero-order chi connectivity index (χ0) is 12.4. The summed E-state index contributed by atoms with van der Waals surface area (Å²) in [5.41, 5.74) is 1.85. The van der Waals surface area contributed by atoms with E-state index in [1.54, 1.807) is 0 Å². The molecule has 92 valence electrons. The van der Waals surface area contributed by atoms with Crippen LogP contribution in [0.3, 0.4) is 0 Å². The fourth-order valence-electron chi connectivity index (χ4n) is 2.05. The first kappa shape index (κ1) is 13.1. The Labute approximate surface area is 119 Å². The van der Waals surface area contributed by atoms with Gasteiger partial charge in [-0.25, -0.2) is 0 Å². The summed E-state index contributed by atoms with van der Waals surface area (Å²) >= 11 is 7.02. The first-order chi connectivity index (χ1) is 8.08. The number of nitrogens with zero attached hydrogens (tertiary/aromatic N) is 1. The van der Waals surface area contributed by atoms with Crippen molar-refractivity contribution in [2.45, 2.75) is 24.6 Å². The number of likely N-dealkylation sites (tertiary alicyclic amines) is 1. The lowest BCUT2D eigenvalue weighted by molar-refractivity contribution is 0.0727. The largest absolute Gasteiger partial charge is 0.339 e. The maximum Gasteiger partial charge on any atom is 0.254 e. The van der Waals surface area contributed by atoms with Crippen LogP contribution in [0.5, 0.6) is 0 Å². The normalized spacial score (nSPS) is 17.2. The molecule has 0 spiro atoms. The molecule has 1 aromatic rings. The van der Waals surface area contributed by atoms with Crippen LogP contribution in [0, 0.1) is 6.92 Å². The average molecular weight is 361 g/mol. The molecule has 17 heavy (non-hydrogen) atoms. The van der Waals surface area contributed by atoms with Gasteiger partial charge in [0.2, 0.25) is 0 Å². The van der Waals surface area contributed by atoms with Gasteiger partial charge in [0.15, 0.2) is 0 Å². The Bertz CT molecular complexity index is 425. The smallest absolute Gasteiger partial charge is 0.254 e. The second kappa shape index (κ2) is 5.53. The second-order valence-corrected chi connectivity index (χ2v) is 6.64. The van der Waals surface area contributed by atoms with Crippen LogP contribution in [0.1, 0.15) is 28.8 Å². The number of rotatable bonds is 1. The van der Waals surface area contributed by atoms with Crippen LogP contribution in [0.25, 0.3) is 0 Å². The molecule has 2 nitrogen and oxygen atoms in total. The Hall–Kier alpha value is -0.350. The van der Waals surface area contributed by atoms with Gasteiger partial charge in [0.1, 0.15) is 0 Å². The number of aryl methyl sites for hydroxylation is 1. The van der Waals surface area contributed by atoms with Crippen molar-refractivity contribution >= 4 is 37.8 Å². The Morgan fingerprint density at radius 1 is 1.35 bits per heavy atom. The van der Waals surface area contributed by atoms with Crippen LogP contribution < -0.4 is 0 Å². The molecule has 0 atom stereocenters. The monoisotopic (exact) mass is 359 g/mol. The van der Waals surface area contributed by atoms with Crippen molar-refractivity contribution < 1.29 is 4.79 Å². The van der Waals surface area contributed by atoms with Gasteiger partial charge in [0, 0.05) is 28.0 Å². The molecule has 0 aromatic heterocycles. The van der Waals surface area contributed by atoms with Crippen molar-refractivity contribution in [3.05, 3.63) is 33.8 Å². The molecule has 2 rings (SSSR count). The Kier molecular flexibility index (Phi) is 4.26. The molecule has 0 radical (unpaired) electrons. The lowest BCUT2D eigenvalue weighted by Gasteiger charge is -2.30. The van der Waals surface area contributed by atoms with Crippen molar-refractivity contribution in [2.24, 2.45) is 0 Å². The minimum Gasteiger partial charge on any atom is -0.339 e. The van der Waals surface area contributed by atoms with Gasteiger partial charge in [-0.2, -0.15) is 0 Å². The third-order valence-electron chi connectivity index (χ3n) is 3.14. The van der Waals surface area contributed by atoms with E-state index < -0.39 is 0 Å². The quantitative estimate of drug-likeness (QED) is 0.698. The van der Waals surface area contributed by atoms with Crippen LogP contribution >= 0.6 is 31.9 Å². The molecule has 4 heteroatoms. The molecule has 0 aliphatic carbocycles. The van der Waals surface area contributed by atoms with Crippen LogP contribution in [-0.2, 0) is 0 Å². The molecule has 1 aromatic carbocycles. The summed E-state index contributed by atoms with van der Waals surface area (Å²) in [5.74, 6) is 0.156. The van der Waals surface area contributed by atoms with Crippen molar-refractivity contribution in [1.29, 1.82) is 0 Å². The molecular formula is C13H15Br2NO. The fraction of sp³-hybridized carbons (Fsp3) is 0.462. The number of carbonyl (C=O) groups is 1. The number of piperidine rings is 1. The maximum atomic E-state index is 12.4. The van der Waals surface area contributed by atoms with Gasteiger partial charge in [-0.1, -0.05) is 37.9 Å². The summed E-state index contributed by atoms with van der Waals surface area (Å²) in [6.07, 6.45) is 2.08. The van der Waals surface area contributed by atoms with E-state index in [1.807, 2.05) is 30.0 Å². The maximum absolute atomic E-state index is 12.4. The number of alkyl halides is 1. The minimum absolute atomic E-state index is 0.156. The zero-order valence-corrected chi connectivity index (χ0v) is 12.9. The highest BCUT2D eigenvalue weighted by Gasteiger charge is 2.23. The third-order valence-corrected chi connectivity index (χ3v) is 4.55. The van der Waals surface area contributed by atoms with E-state index in [4.69, 9.17) is 0 Å². The van der Waals surface area contributed by atoms with Crippen LogP contribution in [0.4, 0.5) is 0 Å². The van der Waals surface area contributed by atoms with E-state index in [1.165, 1.54) is 0 Å². The van der Waals surface area contributed by atoms with Gasteiger partial charge in [0.25, 0.3) is 5.91 Å². The van der Waals surface area contributed by atoms with Gasteiger partial charge >= 0.3 is 0 Å². The number of amides is 1. The molecule has 1 fully saturated rings. The summed E-state index contributed by atoms with van der Waals surface area (Å²) in [5, 5.41) is 0. The van der Waals surface area contributed by atoms with Gasteiger partial charge in [-0.05, 0) is 37.5 Å². The van der Waals surface area contributed by atoms with E-state index in [0.29, 0.717) is 4.83 Å². The predicted octanol–water partition coefficient (Wildman–Crippen LogP) is 3.76. The topological polar surface area (TPSA) is 20.3 Å². The lowest BCUT2D eigenvalue weighted by atomic mass is 10.1. The molecule has 0 saturated carbocycles. The summed E-state index contributed by atoms with van der Waals surface area (Å²) < 4.78 is 0.960. The Morgan fingerprint density at radius 2 is 2.00 bits per heavy atom. The second-order valence-electron chi connectivity index (χ2n) is 4.43. The zero-order valence-electron chi connectivity index (χ0n) is 9.75. The average Bonchev–Trinajstić information content (AvgIpc) is 2.32. The van der Waals surface area contributed by atoms with Gasteiger partial charge in [-0.3, -0.25) is 4.79 Å². The molecule has 0 unspecified atom stereocenters. The van der Waals surface area contributed by atoms with E-state index in [-0.39, 0.29) is 5.91 Å². The predicted molar refractivity (Wildman–Crippen MR) is 76.7 cm³/mol. The summed E-state index contributed by atoms with van der Waals surface area (Å²) in [7, 11) is 0. The number of carbonyl (C=O) groups excluding carboxylic acids is 1. The van der Waals surface area contributed by atoms with Crippen molar-refractivity contribution in [3.8, 4) is 0 Å². The molecule has 0 N–H and O–H groups in total. The number of halogens is 2. The van der Waals surface area contributed by atoms with Crippen molar-refractivity contribution in [2.75, 3.05) is 13.1 Å². The van der Waals surface area contributed by atoms with E-state index in [0.717, 1.165) is 41.5 Å². The SMILES string of the molecule is Cc1ccc(Br)cc1C(=O)N1CCC(Br)CC1. The first-order valence-corrected chi connectivity index (χ1v) is 7.48. The third kappa shape index (κ3) is 3.10. The van der Waals surface area contributed by atoms with E-state index in [2.05, 4.69) is 31.9 Å². The summed E-state index contributed by atoms with van der Waals surface area (Å²) in [6, 6.07) is 5.86. The highest BCUT2D eigenvalue weighted by atomic mass is 79.9. The van der Waals surface area contributed by atoms with Crippen LogP contribution in [-0.4, -0.2) is 28.7 Å². The van der Waals surface area contributed by atoms with Crippen LogP contribution in [0.2, 0.25) is 0 Å². The molecule has 1 amide bonds. The van der Waals surface area contributed by atoms with Crippen LogP contribution in [0.15, 0.2) is 22.7 Å². The minimum atomic E-state index is 0.156. The number of benzene rings is 1. The molecule has 1 aliphatic heterocycles. The Morgan fingerprint density at radius 3 is 2.65 bits per heavy atom. The van der Waals surface area contributed by atoms with E-state index >= 15 is 0 Å². The molecule has 1 heterocycles. The van der Waals surface area contributed by atoms with Gasteiger partial charge in [-0.15, -0.1) is 0 Å². The highest BCUT2D eigenvalue weighted by Crippen LogP contribution is 2.22. The molecular weight excluding hydrogens is 346 g/mol. The number of hydrogen-bond donors (Lipinski definition) is 0. The molecule has 1 aliphatic rings. The molecule has 1 saturated heterocycles. The van der Waals surface area contributed by atoms with Gasteiger partial charge in [0.05, 0.1) is 0 Å². The first-order valence-electron chi connectivity index (χ1n) is 5.77. The van der Waals surface area contributed by atoms with Crippen molar-refractivity contribution in [1.82, 2.24) is 4.90 Å². The summed E-state index contributed by atoms with van der Waals surface area (Å²) in [6.45, 7) is 3.68. The van der Waals surface area contributed by atoms with Crippen molar-refractivity contribution in [3.63, 3.8) is 0 Å². The fourth-order valence-corrected chi connectivity index (χ4v) is 2.82. The highest BCUT2D eigenvalue weighted by molar-refractivity contribution is 9.10. The number of hydrogen-bond acceptors (Lipinski definition) is 1. The lowest BCUT2D eigenvalue weighted by Crippen LogP contribution is -2.38.